The van der Waals surface area contributed by atoms with Crippen molar-refractivity contribution in [1.29, 1.82) is 0 Å². The van der Waals surface area contributed by atoms with E-state index in [1.165, 1.54) is 0 Å². The summed E-state index contributed by atoms with van der Waals surface area (Å²) in [7, 11) is 0. The molecule has 5 nitrogen and oxygen atoms in total. The Morgan fingerprint density at radius 2 is 2.31 bits per heavy atom. The second-order valence-electron chi connectivity index (χ2n) is 3.03. The van der Waals surface area contributed by atoms with Crippen LogP contribution in [0.4, 0.5) is 5.00 Å². The lowest BCUT2D eigenvalue weighted by atomic mass is 10.2. The highest BCUT2D eigenvalue weighted by Gasteiger charge is 2.18. The van der Waals surface area contributed by atoms with Crippen LogP contribution in [0.5, 0.6) is 0 Å². The van der Waals surface area contributed by atoms with Crippen LogP contribution in [0, 0.1) is 19.3 Å². The number of terminal acetylenes is 1. The number of carboxylic acid groups (broad SMARTS) is 1. The first-order chi connectivity index (χ1) is 7.56. The molecule has 1 aromatic heterocycles. The van der Waals surface area contributed by atoms with Crippen LogP contribution in [-0.2, 0) is 4.79 Å². The molecule has 1 heterocycles. The Balaban J connectivity index is 2.78. The maximum Gasteiger partial charge on any atom is 0.340 e. The van der Waals surface area contributed by atoms with E-state index >= 15 is 0 Å². The summed E-state index contributed by atoms with van der Waals surface area (Å²) in [6, 6.07) is 0. The molecule has 1 aromatic rings. The van der Waals surface area contributed by atoms with E-state index in [0.29, 0.717) is 12.1 Å². The fourth-order valence-corrected chi connectivity index (χ4v) is 1.89. The molecule has 0 aliphatic heterocycles. The molecule has 1 rings (SSSR count). The quantitative estimate of drug-likeness (QED) is 0.779. The molecule has 0 saturated heterocycles. The monoisotopic (exact) mass is 238 g/mol. The second kappa shape index (κ2) is 5.28. The first-order valence-electron chi connectivity index (χ1n) is 4.49. The molecular weight excluding hydrogens is 228 g/mol. The molecule has 0 bridgehead atoms. The number of rotatable bonds is 4. The highest BCUT2D eigenvalue weighted by Crippen LogP contribution is 2.24. The molecule has 0 fully saturated rings. The molecule has 0 radical (unpaired) electrons. The summed E-state index contributed by atoms with van der Waals surface area (Å²) >= 11 is 0.952. The number of aromatic carboxylic acids is 1. The molecule has 0 spiro atoms. The van der Waals surface area contributed by atoms with Crippen molar-refractivity contribution >= 4 is 28.4 Å². The third-order valence-electron chi connectivity index (χ3n) is 1.83. The number of amides is 1. The van der Waals surface area contributed by atoms with Crippen molar-refractivity contribution in [2.45, 2.75) is 19.8 Å². The smallest absolute Gasteiger partial charge is 0.340 e. The van der Waals surface area contributed by atoms with Crippen molar-refractivity contribution in [3.8, 4) is 12.3 Å². The Morgan fingerprint density at radius 3 is 2.88 bits per heavy atom. The van der Waals surface area contributed by atoms with Gasteiger partial charge in [0.25, 0.3) is 0 Å². The van der Waals surface area contributed by atoms with Gasteiger partial charge in [0.15, 0.2) is 0 Å². The topological polar surface area (TPSA) is 79.3 Å². The zero-order valence-corrected chi connectivity index (χ0v) is 9.43. The van der Waals surface area contributed by atoms with Crippen LogP contribution in [0.2, 0.25) is 0 Å². The van der Waals surface area contributed by atoms with E-state index in [0.717, 1.165) is 11.5 Å². The van der Waals surface area contributed by atoms with Gasteiger partial charge < -0.3 is 10.4 Å². The Labute approximate surface area is 96.7 Å². The molecule has 0 unspecified atom stereocenters. The minimum atomic E-state index is -1.10. The van der Waals surface area contributed by atoms with Crippen molar-refractivity contribution in [1.82, 2.24) is 4.37 Å². The first-order valence-corrected chi connectivity index (χ1v) is 5.26. The number of nitrogens with one attached hydrogen (secondary N) is 1. The zero-order valence-electron chi connectivity index (χ0n) is 8.61. The van der Waals surface area contributed by atoms with E-state index in [1.54, 1.807) is 6.92 Å². The van der Waals surface area contributed by atoms with Gasteiger partial charge in [0, 0.05) is 12.8 Å². The van der Waals surface area contributed by atoms with Gasteiger partial charge in [-0.1, -0.05) is 0 Å². The summed E-state index contributed by atoms with van der Waals surface area (Å²) in [5, 5.41) is 11.7. The number of aromatic nitrogens is 1. The lowest BCUT2D eigenvalue weighted by Gasteiger charge is -2.01. The molecule has 0 aromatic carbocycles. The molecule has 84 valence electrons. The van der Waals surface area contributed by atoms with Crippen LogP contribution in [-0.4, -0.2) is 21.4 Å². The van der Waals surface area contributed by atoms with Crippen molar-refractivity contribution < 1.29 is 14.7 Å². The number of carbonyl (C=O) groups excluding carboxylic acids is 1. The molecule has 2 N–H and O–H groups in total. The predicted molar refractivity (Wildman–Crippen MR) is 60.5 cm³/mol. The fraction of sp³-hybridized carbons (Fsp3) is 0.300. The van der Waals surface area contributed by atoms with E-state index in [9.17, 15) is 9.59 Å². The van der Waals surface area contributed by atoms with Crippen LogP contribution < -0.4 is 5.32 Å². The van der Waals surface area contributed by atoms with Gasteiger partial charge in [0.05, 0.1) is 5.69 Å². The third-order valence-corrected chi connectivity index (χ3v) is 2.68. The van der Waals surface area contributed by atoms with E-state index in [1.807, 2.05) is 0 Å². The van der Waals surface area contributed by atoms with E-state index < -0.39 is 5.97 Å². The molecular formula is C10H10N2O3S. The fourth-order valence-electron chi connectivity index (χ4n) is 1.08. The Hall–Kier alpha value is -1.87. The molecule has 0 aliphatic rings. The molecule has 0 aliphatic carbocycles. The summed E-state index contributed by atoms with van der Waals surface area (Å²) in [4.78, 5) is 22.2. The van der Waals surface area contributed by atoms with Gasteiger partial charge in [-0.3, -0.25) is 4.79 Å². The minimum Gasteiger partial charge on any atom is -0.478 e. The lowest BCUT2D eigenvalue weighted by Crippen LogP contribution is -2.12. The molecule has 16 heavy (non-hydrogen) atoms. The molecule has 6 heteroatoms. The number of hydrogen-bond acceptors (Lipinski definition) is 4. The van der Waals surface area contributed by atoms with Crippen molar-refractivity contribution in [2.24, 2.45) is 0 Å². The predicted octanol–water partition coefficient (Wildman–Crippen LogP) is 1.50. The summed E-state index contributed by atoms with van der Waals surface area (Å²) < 4.78 is 3.88. The molecule has 1 amide bonds. The standard InChI is InChI=1S/C10H10N2O3S/c1-3-4-5-7(13)11-9-8(10(14)15)6(2)12-16-9/h1H,4-5H2,2H3,(H,11,13)(H,14,15). The number of carboxylic acids is 1. The summed E-state index contributed by atoms with van der Waals surface area (Å²) in [6.07, 6.45) is 5.52. The Kier molecular flexibility index (Phi) is 4.03. The average molecular weight is 238 g/mol. The van der Waals surface area contributed by atoms with E-state index in [2.05, 4.69) is 15.6 Å². The molecule has 0 atom stereocenters. The highest BCUT2D eigenvalue weighted by molar-refractivity contribution is 7.11. The number of anilines is 1. The summed E-state index contributed by atoms with van der Waals surface area (Å²) in [5.41, 5.74) is 0.434. The second-order valence-corrected chi connectivity index (χ2v) is 3.80. The first kappa shape index (κ1) is 12.2. The van der Waals surface area contributed by atoms with Gasteiger partial charge in [-0.2, -0.15) is 4.37 Å². The van der Waals surface area contributed by atoms with Gasteiger partial charge in [0.1, 0.15) is 10.6 Å². The number of nitrogens with zero attached hydrogens (tertiary/aromatic N) is 1. The SMILES string of the molecule is C#CCCC(=O)Nc1snc(C)c1C(=O)O. The molecule has 0 saturated carbocycles. The van der Waals surface area contributed by atoms with Gasteiger partial charge >= 0.3 is 5.97 Å². The lowest BCUT2D eigenvalue weighted by molar-refractivity contribution is -0.116. The summed E-state index contributed by atoms with van der Waals surface area (Å²) in [6.45, 7) is 1.58. The number of carbonyl (C=O) groups is 2. The van der Waals surface area contributed by atoms with Gasteiger partial charge in [-0.15, -0.1) is 12.3 Å². The Morgan fingerprint density at radius 1 is 1.62 bits per heavy atom. The van der Waals surface area contributed by atoms with Crippen LogP contribution in [0.1, 0.15) is 28.9 Å². The van der Waals surface area contributed by atoms with Gasteiger partial charge in [-0.25, -0.2) is 4.79 Å². The highest BCUT2D eigenvalue weighted by atomic mass is 32.1. The van der Waals surface area contributed by atoms with Gasteiger partial charge in [-0.05, 0) is 18.5 Å². The third kappa shape index (κ3) is 2.81. The van der Waals surface area contributed by atoms with Crippen LogP contribution >= 0.6 is 11.5 Å². The zero-order chi connectivity index (χ0) is 12.1. The summed E-state index contributed by atoms with van der Waals surface area (Å²) in [5.74, 6) is 0.937. The normalized spacial score (nSPS) is 9.50. The average Bonchev–Trinajstić information content (AvgIpc) is 2.56. The Bertz CT molecular complexity index is 459. The minimum absolute atomic E-state index is 0.0408. The van der Waals surface area contributed by atoms with Crippen LogP contribution in [0.3, 0.4) is 0 Å². The number of hydrogen-bond donors (Lipinski definition) is 2. The van der Waals surface area contributed by atoms with Crippen molar-refractivity contribution in [2.75, 3.05) is 5.32 Å². The van der Waals surface area contributed by atoms with E-state index in [4.69, 9.17) is 11.5 Å². The maximum absolute atomic E-state index is 11.3. The van der Waals surface area contributed by atoms with E-state index in [-0.39, 0.29) is 22.9 Å². The van der Waals surface area contributed by atoms with Crippen molar-refractivity contribution in [3.05, 3.63) is 11.3 Å². The van der Waals surface area contributed by atoms with Crippen LogP contribution in [0.15, 0.2) is 0 Å². The van der Waals surface area contributed by atoms with Crippen LogP contribution in [0.25, 0.3) is 0 Å². The number of aryl methyl sites for hydroxylation is 1. The van der Waals surface area contributed by atoms with Crippen molar-refractivity contribution in [3.63, 3.8) is 0 Å². The van der Waals surface area contributed by atoms with Gasteiger partial charge in [0.2, 0.25) is 5.91 Å². The maximum atomic E-state index is 11.3. The largest absolute Gasteiger partial charge is 0.478 e.